The fraction of sp³-hybridized carbons (Fsp3) is 0.222. The summed E-state index contributed by atoms with van der Waals surface area (Å²) in [6.07, 6.45) is -4.59. The zero-order chi connectivity index (χ0) is 19.3. The van der Waals surface area contributed by atoms with Crippen molar-refractivity contribution in [3.05, 3.63) is 69.7 Å². The second-order valence-electron chi connectivity index (χ2n) is 5.73. The lowest BCUT2D eigenvalue weighted by Gasteiger charge is -2.16. The monoisotopic (exact) mass is 428 g/mol. The van der Waals surface area contributed by atoms with E-state index in [4.69, 9.17) is 5.73 Å². The Morgan fingerprint density at radius 3 is 2.35 bits per heavy atom. The van der Waals surface area contributed by atoms with Crippen LogP contribution in [0.3, 0.4) is 0 Å². The first-order chi connectivity index (χ1) is 12.1. The first-order valence-corrected chi connectivity index (χ1v) is 8.43. The molecule has 0 aliphatic heterocycles. The van der Waals surface area contributed by atoms with Crippen LogP contribution < -0.4 is 11.1 Å². The number of nitrogens with one attached hydrogen (secondary N) is 1. The Balaban J connectivity index is 2.05. The van der Waals surface area contributed by atoms with Crippen molar-refractivity contribution in [2.75, 3.05) is 0 Å². The summed E-state index contributed by atoms with van der Waals surface area (Å²) >= 11 is 3.31. The van der Waals surface area contributed by atoms with Gasteiger partial charge in [-0.05, 0) is 29.3 Å². The molecule has 0 fully saturated rings. The number of hydrogen-bond donors (Lipinski definition) is 2. The molecule has 0 bridgehead atoms. The average Bonchev–Trinajstić information content (AvgIpc) is 2.53. The van der Waals surface area contributed by atoms with Crippen molar-refractivity contribution in [3.63, 3.8) is 0 Å². The third kappa shape index (κ3) is 5.87. The minimum absolute atomic E-state index is 0.184. The minimum atomic E-state index is -4.48. The summed E-state index contributed by atoms with van der Waals surface area (Å²) in [5, 5.41) is 2.48. The summed E-state index contributed by atoms with van der Waals surface area (Å²) in [5.41, 5.74) is 5.48. The first-order valence-electron chi connectivity index (χ1n) is 7.64. The van der Waals surface area contributed by atoms with Crippen molar-refractivity contribution >= 4 is 27.7 Å². The number of rotatable bonds is 6. The van der Waals surface area contributed by atoms with E-state index in [-0.39, 0.29) is 18.4 Å². The maximum Gasteiger partial charge on any atom is 0.416 e. The largest absolute Gasteiger partial charge is 0.416 e. The number of carbonyl (C=O) groups excluding carboxylic acids is 2. The van der Waals surface area contributed by atoms with E-state index < -0.39 is 29.6 Å². The Kier molecular flexibility index (Phi) is 6.42. The van der Waals surface area contributed by atoms with Gasteiger partial charge in [-0.1, -0.05) is 46.3 Å². The van der Waals surface area contributed by atoms with Crippen LogP contribution in [0.2, 0.25) is 0 Å². The van der Waals surface area contributed by atoms with E-state index in [2.05, 4.69) is 21.2 Å². The Labute approximate surface area is 156 Å². The molecule has 0 spiro atoms. The van der Waals surface area contributed by atoms with Gasteiger partial charge in [0.2, 0.25) is 11.8 Å². The molecular formula is C18H16BrF3N2O2. The molecule has 0 unspecified atom stereocenters. The SMILES string of the molecule is NC(=O)[C@H](Cc1cccc(Br)c1)NC(=O)Cc1cccc(C(F)(F)F)c1. The van der Waals surface area contributed by atoms with Crippen LogP contribution in [0.15, 0.2) is 53.0 Å². The van der Waals surface area contributed by atoms with Crippen LogP contribution in [-0.4, -0.2) is 17.9 Å². The quantitative estimate of drug-likeness (QED) is 0.741. The first kappa shape index (κ1) is 20.0. The predicted octanol–water partition coefficient (Wildman–Crippen LogP) is 3.22. The van der Waals surface area contributed by atoms with Gasteiger partial charge < -0.3 is 11.1 Å². The molecule has 0 saturated heterocycles. The van der Waals surface area contributed by atoms with Gasteiger partial charge in [0.05, 0.1) is 12.0 Å². The van der Waals surface area contributed by atoms with Crippen LogP contribution in [-0.2, 0) is 28.6 Å². The highest BCUT2D eigenvalue weighted by molar-refractivity contribution is 9.10. The second kappa shape index (κ2) is 8.35. The molecule has 2 rings (SSSR count). The van der Waals surface area contributed by atoms with E-state index in [1.807, 2.05) is 6.07 Å². The lowest BCUT2D eigenvalue weighted by molar-refractivity contribution is -0.137. The van der Waals surface area contributed by atoms with Crippen molar-refractivity contribution in [1.29, 1.82) is 0 Å². The molecule has 26 heavy (non-hydrogen) atoms. The average molecular weight is 429 g/mol. The smallest absolute Gasteiger partial charge is 0.368 e. The molecule has 2 aromatic rings. The zero-order valence-corrected chi connectivity index (χ0v) is 15.1. The van der Waals surface area contributed by atoms with Crippen LogP contribution in [0, 0.1) is 0 Å². The Hall–Kier alpha value is -2.35. The summed E-state index contributed by atoms with van der Waals surface area (Å²) in [7, 11) is 0. The fourth-order valence-corrected chi connectivity index (χ4v) is 2.86. The maximum absolute atomic E-state index is 12.7. The third-order valence-corrected chi connectivity index (χ3v) is 4.12. The second-order valence-corrected chi connectivity index (χ2v) is 6.65. The predicted molar refractivity (Wildman–Crippen MR) is 94.1 cm³/mol. The third-order valence-electron chi connectivity index (χ3n) is 3.63. The summed E-state index contributed by atoms with van der Waals surface area (Å²) in [6, 6.07) is 10.7. The standard InChI is InChI=1S/C18H16BrF3N2O2/c19-14-6-2-4-12(8-14)9-15(17(23)26)24-16(25)10-11-3-1-5-13(7-11)18(20,21)22/h1-8,15H,9-10H2,(H2,23,26)(H,24,25)/t15-/m0/s1. The van der Waals surface area contributed by atoms with Gasteiger partial charge in [-0.3, -0.25) is 9.59 Å². The van der Waals surface area contributed by atoms with Crippen LogP contribution in [0.1, 0.15) is 16.7 Å². The van der Waals surface area contributed by atoms with E-state index in [0.717, 1.165) is 22.2 Å². The number of hydrogen-bond acceptors (Lipinski definition) is 2. The molecule has 4 nitrogen and oxygen atoms in total. The molecule has 3 N–H and O–H groups in total. The van der Waals surface area contributed by atoms with Gasteiger partial charge in [-0.25, -0.2) is 0 Å². The Morgan fingerprint density at radius 1 is 1.08 bits per heavy atom. The molecule has 0 radical (unpaired) electrons. The highest BCUT2D eigenvalue weighted by Gasteiger charge is 2.30. The lowest BCUT2D eigenvalue weighted by atomic mass is 10.0. The van der Waals surface area contributed by atoms with Gasteiger partial charge in [0, 0.05) is 10.9 Å². The summed E-state index contributed by atoms with van der Waals surface area (Å²) in [6.45, 7) is 0. The molecule has 138 valence electrons. The molecule has 0 aliphatic carbocycles. The van der Waals surface area contributed by atoms with Crippen molar-refractivity contribution in [3.8, 4) is 0 Å². The number of carbonyl (C=O) groups is 2. The van der Waals surface area contributed by atoms with Crippen molar-refractivity contribution in [2.45, 2.75) is 25.1 Å². The molecular weight excluding hydrogens is 413 g/mol. The number of halogens is 4. The van der Waals surface area contributed by atoms with E-state index in [0.29, 0.717) is 0 Å². The summed E-state index contributed by atoms with van der Waals surface area (Å²) in [5.74, 6) is -1.30. The van der Waals surface area contributed by atoms with Gasteiger partial charge >= 0.3 is 6.18 Å². The molecule has 1 atom stereocenters. The van der Waals surface area contributed by atoms with E-state index in [1.165, 1.54) is 12.1 Å². The molecule has 0 saturated carbocycles. The van der Waals surface area contributed by atoms with Crippen molar-refractivity contribution < 1.29 is 22.8 Å². The van der Waals surface area contributed by atoms with Gasteiger partial charge in [0.15, 0.2) is 0 Å². The van der Waals surface area contributed by atoms with Gasteiger partial charge in [0.25, 0.3) is 0 Å². The van der Waals surface area contributed by atoms with Crippen molar-refractivity contribution in [1.82, 2.24) is 5.32 Å². The lowest BCUT2D eigenvalue weighted by Crippen LogP contribution is -2.46. The van der Waals surface area contributed by atoms with E-state index >= 15 is 0 Å². The molecule has 8 heteroatoms. The molecule has 0 aliphatic rings. The van der Waals surface area contributed by atoms with E-state index in [1.54, 1.807) is 18.2 Å². The highest BCUT2D eigenvalue weighted by Crippen LogP contribution is 2.29. The van der Waals surface area contributed by atoms with Crippen LogP contribution in [0.25, 0.3) is 0 Å². The molecule has 0 aromatic heterocycles. The molecule has 2 aromatic carbocycles. The Morgan fingerprint density at radius 2 is 1.73 bits per heavy atom. The maximum atomic E-state index is 12.7. The number of primary amides is 1. The van der Waals surface area contributed by atoms with Crippen LogP contribution >= 0.6 is 15.9 Å². The number of amides is 2. The topological polar surface area (TPSA) is 72.2 Å². The summed E-state index contributed by atoms with van der Waals surface area (Å²) < 4.78 is 39.0. The number of benzene rings is 2. The minimum Gasteiger partial charge on any atom is -0.368 e. The molecule has 0 heterocycles. The van der Waals surface area contributed by atoms with Gasteiger partial charge in [-0.2, -0.15) is 13.2 Å². The number of alkyl halides is 3. The van der Waals surface area contributed by atoms with Gasteiger partial charge in [0.1, 0.15) is 6.04 Å². The van der Waals surface area contributed by atoms with Gasteiger partial charge in [-0.15, -0.1) is 0 Å². The Bertz CT molecular complexity index is 809. The van der Waals surface area contributed by atoms with Crippen molar-refractivity contribution in [2.24, 2.45) is 5.73 Å². The highest BCUT2D eigenvalue weighted by atomic mass is 79.9. The van der Waals surface area contributed by atoms with Crippen LogP contribution in [0.4, 0.5) is 13.2 Å². The fourth-order valence-electron chi connectivity index (χ4n) is 2.41. The zero-order valence-electron chi connectivity index (χ0n) is 13.5. The normalized spacial score (nSPS) is 12.5. The number of nitrogens with two attached hydrogens (primary N) is 1. The van der Waals surface area contributed by atoms with E-state index in [9.17, 15) is 22.8 Å². The molecule has 2 amide bonds. The summed E-state index contributed by atoms with van der Waals surface area (Å²) in [4.78, 5) is 23.7. The van der Waals surface area contributed by atoms with Crippen LogP contribution in [0.5, 0.6) is 0 Å².